The first-order valence-electron chi connectivity index (χ1n) is 11.2. The lowest BCUT2D eigenvalue weighted by Gasteiger charge is -2.13. The van der Waals surface area contributed by atoms with Crippen LogP contribution >= 0.6 is 0 Å². The summed E-state index contributed by atoms with van der Waals surface area (Å²) in [6, 6.07) is 12.6. The summed E-state index contributed by atoms with van der Waals surface area (Å²) in [4.78, 5) is 7.39. The SMILES string of the molecule is COc1ccc(Cn2ncc3c2-c2cc(C(F)(F)F)cc4[nH]cc(c24)C(c2c(F)cccc2F)=N3)cc1. The summed E-state index contributed by atoms with van der Waals surface area (Å²) >= 11 is 0. The molecular formula is C27H17F5N4O. The van der Waals surface area contributed by atoms with E-state index in [2.05, 4.69) is 15.1 Å². The number of nitrogens with zero attached hydrogens (tertiary/aromatic N) is 3. The quantitative estimate of drug-likeness (QED) is 0.264. The van der Waals surface area contributed by atoms with Crippen molar-refractivity contribution < 1.29 is 26.7 Å². The molecule has 5 aromatic rings. The van der Waals surface area contributed by atoms with Crippen LogP contribution in [0.15, 0.2) is 72.0 Å². The molecule has 3 heterocycles. The smallest absolute Gasteiger partial charge is 0.416 e. The van der Waals surface area contributed by atoms with Crippen LogP contribution in [0.4, 0.5) is 27.6 Å². The number of methoxy groups -OCH3 is 1. The summed E-state index contributed by atoms with van der Waals surface area (Å²) in [5, 5.41) is 4.75. The van der Waals surface area contributed by atoms with E-state index in [9.17, 15) is 22.0 Å². The standard InChI is InChI=1S/C27H17F5N4O/c1-37-16-7-5-14(6-8-16)13-36-26-17-9-15(27(30,31)32)10-21-23(17)18(11-33-21)25(35-22(26)12-34-36)24-19(28)3-2-4-20(24)29/h2-12,33H,13H2,1H3. The number of nitrogens with one attached hydrogen (secondary N) is 1. The predicted octanol–water partition coefficient (Wildman–Crippen LogP) is 6.87. The molecule has 0 spiro atoms. The fourth-order valence-corrected chi connectivity index (χ4v) is 4.66. The summed E-state index contributed by atoms with van der Waals surface area (Å²) < 4.78 is 78.0. The van der Waals surface area contributed by atoms with Crippen LogP contribution in [0.1, 0.15) is 22.3 Å². The highest BCUT2D eigenvalue weighted by atomic mass is 19.4. The van der Waals surface area contributed by atoms with Gasteiger partial charge in [0.15, 0.2) is 0 Å². The highest BCUT2D eigenvalue weighted by Crippen LogP contribution is 2.44. The minimum Gasteiger partial charge on any atom is -0.497 e. The summed E-state index contributed by atoms with van der Waals surface area (Å²) in [6.45, 7) is 0.218. The fraction of sp³-hybridized carbons (Fsp3) is 0.111. The highest BCUT2D eigenvalue weighted by molar-refractivity contribution is 6.24. The number of fused-ring (bicyclic) bond motifs is 2. The lowest BCUT2D eigenvalue weighted by Crippen LogP contribution is -2.09. The van der Waals surface area contributed by atoms with E-state index in [4.69, 9.17) is 4.74 Å². The van der Waals surface area contributed by atoms with Gasteiger partial charge in [0.25, 0.3) is 0 Å². The van der Waals surface area contributed by atoms with Crippen molar-refractivity contribution in [3.05, 3.63) is 101 Å². The molecule has 1 aliphatic rings. The van der Waals surface area contributed by atoms with Crippen LogP contribution in [0.5, 0.6) is 5.75 Å². The third kappa shape index (κ3) is 3.76. The number of aliphatic imine (C=N–C) groups is 1. The molecule has 0 aliphatic carbocycles. The molecule has 2 aromatic heterocycles. The molecule has 3 aromatic carbocycles. The van der Waals surface area contributed by atoms with E-state index in [1.165, 1.54) is 23.1 Å². The van der Waals surface area contributed by atoms with Gasteiger partial charge in [-0.3, -0.25) is 4.68 Å². The minimum absolute atomic E-state index is 0.0365. The Morgan fingerprint density at radius 3 is 2.38 bits per heavy atom. The van der Waals surface area contributed by atoms with Crippen molar-refractivity contribution in [3.8, 4) is 17.0 Å². The Morgan fingerprint density at radius 2 is 1.70 bits per heavy atom. The molecular weight excluding hydrogens is 491 g/mol. The van der Waals surface area contributed by atoms with Gasteiger partial charge in [-0.15, -0.1) is 0 Å². The zero-order valence-corrected chi connectivity index (χ0v) is 19.2. The van der Waals surface area contributed by atoms with Gasteiger partial charge in [0.1, 0.15) is 23.1 Å². The first kappa shape index (κ1) is 23.0. The number of alkyl halides is 3. The van der Waals surface area contributed by atoms with Crippen LogP contribution in [0, 0.1) is 11.6 Å². The third-order valence-electron chi connectivity index (χ3n) is 6.36. The number of halogens is 5. The number of ether oxygens (including phenoxy) is 1. The van der Waals surface area contributed by atoms with Crippen molar-refractivity contribution in [1.29, 1.82) is 0 Å². The molecule has 0 unspecified atom stereocenters. The van der Waals surface area contributed by atoms with E-state index < -0.39 is 23.4 Å². The van der Waals surface area contributed by atoms with Crippen molar-refractivity contribution in [2.75, 3.05) is 7.11 Å². The van der Waals surface area contributed by atoms with Crippen molar-refractivity contribution in [2.45, 2.75) is 12.7 Å². The number of benzene rings is 3. The van der Waals surface area contributed by atoms with Gasteiger partial charge >= 0.3 is 6.18 Å². The van der Waals surface area contributed by atoms with Crippen LogP contribution in [-0.2, 0) is 12.7 Å². The van der Waals surface area contributed by atoms with Crippen molar-refractivity contribution in [2.24, 2.45) is 4.99 Å². The Labute approximate surface area is 206 Å². The number of aromatic nitrogens is 3. The zero-order chi connectivity index (χ0) is 25.9. The molecule has 1 aliphatic heterocycles. The van der Waals surface area contributed by atoms with Gasteiger partial charge < -0.3 is 9.72 Å². The maximum atomic E-state index is 14.9. The molecule has 0 fully saturated rings. The minimum atomic E-state index is -4.62. The molecule has 0 amide bonds. The average molecular weight is 508 g/mol. The van der Waals surface area contributed by atoms with Gasteiger partial charge in [0.2, 0.25) is 0 Å². The molecule has 37 heavy (non-hydrogen) atoms. The van der Waals surface area contributed by atoms with Gasteiger partial charge in [-0.2, -0.15) is 18.3 Å². The van der Waals surface area contributed by atoms with Gasteiger partial charge in [-0.1, -0.05) is 18.2 Å². The lowest BCUT2D eigenvalue weighted by atomic mass is 9.96. The van der Waals surface area contributed by atoms with Gasteiger partial charge in [-0.05, 0) is 42.0 Å². The molecule has 10 heteroatoms. The van der Waals surface area contributed by atoms with Gasteiger partial charge in [0.05, 0.1) is 42.4 Å². The third-order valence-corrected chi connectivity index (χ3v) is 6.36. The molecule has 186 valence electrons. The maximum absolute atomic E-state index is 14.9. The second kappa shape index (κ2) is 8.29. The largest absolute Gasteiger partial charge is 0.497 e. The van der Waals surface area contributed by atoms with Crippen LogP contribution < -0.4 is 4.74 Å². The second-order valence-electron chi connectivity index (χ2n) is 8.59. The van der Waals surface area contributed by atoms with Gasteiger partial charge in [-0.25, -0.2) is 13.8 Å². The number of H-pyrrole nitrogens is 1. The summed E-state index contributed by atoms with van der Waals surface area (Å²) in [6.07, 6.45) is -1.81. The Morgan fingerprint density at radius 1 is 0.973 bits per heavy atom. The van der Waals surface area contributed by atoms with Crippen molar-refractivity contribution in [1.82, 2.24) is 14.8 Å². The predicted molar refractivity (Wildman–Crippen MR) is 128 cm³/mol. The molecule has 0 saturated heterocycles. The van der Waals surface area contributed by atoms with Crippen molar-refractivity contribution in [3.63, 3.8) is 0 Å². The molecule has 1 N–H and O–H groups in total. The highest BCUT2D eigenvalue weighted by Gasteiger charge is 2.35. The number of hydrogen-bond acceptors (Lipinski definition) is 3. The summed E-state index contributed by atoms with van der Waals surface area (Å²) in [5.74, 6) is -1.02. The van der Waals surface area contributed by atoms with E-state index in [0.717, 1.165) is 29.8 Å². The van der Waals surface area contributed by atoms with Crippen molar-refractivity contribution >= 4 is 22.3 Å². The maximum Gasteiger partial charge on any atom is 0.416 e. The Hall–Kier alpha value is -4.47. The molecule has 6 rings (SSSR count). The summed E-state index contributed by atoms with van der Waals surface area (Å²) in [7, 11) is 1.55. The molecule has 0 radical (unpaired) electrons. The molecule has 0 bridgehead atoms. The fourth-order valence-electron chi connectivity index (χ4n) is 4.66. The number of aromatic amines is 1. The topological polar surface area (TPSA) is 55.2 Å². The van der Waals surface area contributed by atoms with E-state index in [1.807, 2.05) is 12.1 Å². The second-order valence-corrected chi connectivity index (χ2v) is 8.59. The van der Waals surface area contributed by atoms with Gasteiger partial charge in [0, 0.05) is 28.2 Å². The zero-order valence-electron chi connectivity index (χ0n) is 19.2. The normalized spacial score (nSPS) is 12.9. The van der Waals surface area contributed by atoms with Crippen LogP contribution in [-0.4, -0.2) is 27.6 Å². The molecule has 0 saturated carbocycles. The van der Waals surface area contributed by atoms with E-state index in [1.54, 1.807) is 19.2 Å². The van der Waals surface area contributed by atoms with E-state index >= 15 is 0 Å². The lowest BCUT2D eigenvalue weighted by molar-refractivity contribution is -0.137. The van der Waals surface area contributed by atoms with Crippen LogP contribution in [0.25, 0.3) is 22.2 Å². The van der Waals surface area contributed by atoms with E-state index in [-0.39, 0.29) is 40.2 Å². The Balaban J connectivity index is 1.64. The van der Waals surface area contributed by atoms with E-state index in [0.29, 0.717) is 16.8 Å². The average Bonchev–Trinajstić information content (AvgIpc) is 3.43. The Kier molecular flexibility index (Phi) is 5.15. The number of hydrogen-bond donors (Lipinski definition) is 1. The summed E-state index contributed by atoms with van der Waals surface area (Å²) in [5.41, 5.74) is 0.699. The first-order chi connectivity index (χ1) is 17.7. The molecule has 0 atom stereocenters. The first-order valence-corrected chi connectivity index (χ1v) is 11.2. The molecule has 5 nitrogen and oxygen atoms in total. The van der Waals surface area contributed by atoms with Crippen LogP contribution in [0.3, 0.4) is 0 Å². The number of rotatable bonds is 4. The van der Waals surface area contributed by atoms with Crippen LogP contribution in [0.2, 0.25) is 0 Å². The Bertz CT molecular complexity index is 1680. The monoisotopic (exact) mass is 508 g/mol.